The molecular weight excluding hydrogens is 329 g/mol. The van der Waals surface area contributed by atoms with E-state index in [1.54, 1.807) is 0 Å². The Bertz CT molecular complexity index is 695. The van der Waals surface area contributed by atoms with Gasteiger partial charge in [0.15, 0.2) is 0 Å². The first-order valence-corrected chi connectivity index (χ1v) is 10.8. The summed E-state index contributed by atoms with van der Waals surface area (Å²) in [4.78, 5) is 0. The molecule has 0 spiro atoms. The molecule has 2 rings (SSSR count). The van der Waals surface area contributed by atoms with Crippen LogP contribution in [-0.2, 0) is 4.57 Å². The summed E-state index contributed by atoms with van der Waals surface area (Å²) >= 11 is 0. The molecule has 3 atom stereocenters. The third-order valence-electron chi connectivity index (χ3n) is 4.76. The van der Waals surface area contributed by atoms with Gasteiger partial charge < -0.3 is 15.0 Å². The quantitative estimate of drug-likeness (QED) is 0.729. The summed E-state index contributed by atoms with van der Waals surface area (Å²) in [6.45, 7) is 8.70. The Kier molecular flexibility index (Phi) is 6.62. The number of benzene rings is 2. The molecule has 3 nitrogen and oxygen atoms in total. The van der Waals surface area contributed by atoms with Crippen LogP contribution in [0, 0.1) is 0 Å². The maximum atomic E-state index is 13.8. The minimum atomic E-state index is -2.56. The van der Waals surface area contributed by atoms with Gasteiger partial charge in [-0.3, -0.25) is 0 Å². The van der Waals surface area contributed by atoms with Crippen LogP contribution in [0.25, 0.3) is 0 Å². The zero-order valence-electron chi connectivity index (χ0n) is 15.6. The number of hydrogen-bond donors (Lipinski definition) is 2. The van der Waals surface area contributed by atoms with Crippen LogP contribution in [0.4, 0.5) is 0 Å². The molecule has 0 fully saturated rings. The molecule has 25 heavy (non-hydrogen) atoms. The maximum absolute atomic E-state index is 13.8. The molecule has 0 aliphatic carbocycles. The molecule has 0 aliphatic heterocycles. The van der Waals surface area contributed by atoms with Gasteiger partial charge in [0.05, 0.1) is 6.10 Å². The third-order valence-corrected chi connectivity index (χ3v) is 8.92. The van der Waals surface area contributed by atoms with Crippen molar-refractivity contribution in [3.63, 3.8) is 0 Å². The summed E-state index contributed by atoms with van der Waals surface area (Å²) in [5, 5.41) is 14.5. The van der Waals surface area contributed by atoms with Crippen LogP contribution in [0.5, 0.6) is 0 Å². The molecule has 0 heterocycles. The molecule has 0 radical (unpaired) electrons. The van der Waals surface area contributed by atoms with Gasteiger partial charge in [-0.25, -0.2) is 0 Å². The Morgan fingerprint density at radius 3 is 2.04 bits per heavy atom. The second kappa shape index (κ2) is 8.31. The Morgan fingerprint density at radius 1 is 1.00 bits per heavy atom. The highest BCUT2D eigenvalue weighted by atomic mass is 31.2. The van der Waals surface area contributed by atoms with Crippen molar-refractivity contribution in [1.82, 2.24) is 5.32 Å². The molecule has 0 amide bonds. The lowest BCUT2D eigenvalue weighted by Crippen LogP contribution is -2.36. The van der Waals surface area contributed by atoms with Crippen LogP contribution in [-0.4, -0.2) is 29.0 Å². The largest absolute Gasteiger partial charge is 0.387 e. The van der Waals surface area contributed by atoms with Crippen molar-refractivity contribution in [3.05, 3.63) is 66.2 Å². The van der Waals surface area contributed by atoms with Gasteiger partial charge >= 0.3 is 0 Å². The van der Waals surface area contributed by atoms with E-state index in [4.69, 9.17) is 0 Å². The lowest BCUT2D eigenvalue weighted by atomic mass is 10.0. The molecule has 0 aliphatic rings. The first kappa shape index (κ1) is 19.9. The van der Waals surface area contributed by atoms with Crippen molar-refractivity contribution in [2.75, 3.05) is 12.7 Å². The van der Waals surface area contributed by atoms with E-state index < -0.39 is 13.2 Å². The molecule has 0 aromatic heterocycles. The Morgan fingerprint density at radius 2 is 1.52 bits per heavy atom. The fourth-order valence-corrected chi connectivity index (χ4v) is 5.82. The standard InChI is InChI=1S/C21H30NO2P/c1-17(20(23)18-11-7-5-8-12-18)22-15-16-25(24,21(2,3)4)19-13-9-6-10-14-19/h5-14,17,20,22-23H,15-16H2,1-4H3/t17-,20-,25+/m1/s1. The predicted molar refractivity (Wildman–Crippen MR) is 107 cm³/mol. The molecule has 136 valence electrons. The van der Waals surface area contributed by atoms with Crippen molar-refractivity contribution >= 4 is 12.4 Å². The van der Waals surface area contributed by atoms with E-state index in [0.717, 1.165) is 10.9 Å². The van der Waals surface area contributed by atoms with Gasteiger partial charge in [-0.2, -0.15) is 0 Å². The van der Waals surface area contributed by atoms with E-state index in [-0.39, 0.29) is 11.2 Å². The fourth-order valence-electron chi connectivity index (χ4n) is 3.02. The molecule has 0 saturated carbocycles. The first-order chi connectivity index (χ1) is 11.8. The Hall–Kier alpha value is -1.41. The van der Waals surface area contributed by atoms with Gasteiger partial charge in [0.1, 0.15) is 7.14 Å². The number of aliphatic hydroxyl groups is 1. The van der Waals surface area contributed by atoms with Crippen molar-refractivity contribution in [2.45, 2.75) is 45.0 Å². The lowest BCUT2D eigenvalue weighted by molar-refractivity contribution is 0.137. The second-order valence-electron chi connectivity index (χ2n) is 7.57. The number of nitrogens with one attached hydrogen (secondary N) is 1. The summed E-state index contributed by atoms with van der Waals surface area (Å²) < 4.78 is 13.8. The smallest absolute Gasteiger partial charge is 0.121 e. The maximum Gasteiger partial charge on any atom is 0.121 e. The van der Waals surface area contributed by atoms with Crippen LogP contribution in [0.15, 0.2) is 60.7 Å². The normalized spacial score (nSPS) is 16.8. The minimum absolute atomic E-state index is 0.105. The van der Waals surface area contributed by atoms with Crippen molar-refractivity contribution in [2.24, 2.45) is 0 Å². The fraction of sp³-hybridized carbons (Fsp3) is 0.429. The Labute approximate surface area is 151 Å². The molecular formula is C21H30NO2P. The van der Waals surface area contributed by atoms with E-state index in [0.29, 0.717) is 12.7 Å². The summed E-state index contributed by atoms with van der Waals surface area (Å²) in [5.41, 5.74) is 0.893. The number of rotatable bonds is 7. The highest BCUT2D eigenvalue weighted by Gasteiger charge is 2.37. The first-order valence-electron chi connectivity index (χ1n) is 8.87. The third kappa shape index (κ3) is 4.82. The molecule has 0 unspecified atom stereocenters. The van der Waals surface area contributed by atoms with E-state index in [1.165, 1.54) is 0 Å². The molecule has 2 aromatic rings. The molecule has 2 N–H and O–H groups in total. The lowest BCUT2D eigenvalue weighted by Gasteiger charge is -2.32. The van der Waals surface area contributed by atoms with E-state index in [9.17, 15) is 9.67 Å². The van der Waals surface area contributed by atoms with E-state index >= 15 is 0 Å². The molecule has 0 bridgehead atoms. The summed E-state index contributed by atoms with van der Waals surface area (Å²) in [7, 11) is -2.56. The topological polar surface area (TPSA) is 49.3 Å². The average Bonchev–Trinajstić information content (AvgIpc) is 2.61. The highest BCUT2D eigenvalue weighted by Crippen LogP contribution is 2.56. The molecule has 0 saturated heterocycles. The van der Waals surface area contributed by atoms with Crippen molar-refractivity contribution < 1.29 is 9.67 Å². The number of aliphatic hydroxyl groups excluding tert-OH is 1. The minimum Gasteiger partial charge on any atom is -0.387 e. The molecule has 4 heteroatoms. The van der Waals surface area contributed by atoms with Gasteiger partial charge in [-0.15, -0.1) is 0 Å². The van der Waals surface area contributed by atoms with Crippen molar-refractivity contribution in [3.8, 4) is 0 Å². The second-order valence-corrected chi connectivity index (χ2v) is 11.4. The van der Waals surface area contributed by atoms with Gasteiger partial charge in [-0.1, -0.05) is 81.4 Å². The van der Waals surface area contributed by atoms with Gasteiger partial charge in [0.2, 0.25) is 0 Å². The van der Waals surface area contributed by atoms with Crippen LogP contribution < -0.4 is 10.6 Å². The zero-order valence-corrected chi connectivity index (χ0v) is 16.5. The summed E-state index contributed by atoms with van der Waals surface area (Å²) in [6, 6.07) is 19.3. The van der Waals surface area contributed by atoms with Crippen LogP contribution >= 0.6 is 7.14 Å². The highest BCUT2D eigenvalue weighted by molar-refractivity contribution is 7.73. The van der Waals surface area contributed by atoms with Crippen LogP contribution in [0.3, 0.4) is 0 Å². The van der Waals surface area contributed by atoms with Crippen molar-refractivity contribution in [1.29, 1.82) is 0 Å². The Balaban J connectivity index is 2.04. The molecule has 2 aromatic carbocycles. The average molecular weight is 359 g/mol. The summed E-state index contributed by atoms with van der Waals surface area (Å²) in [6.07, 6.45) is -0.00114. The van der Waals surface area contributed by atoms with E-state index in [2.05, 4.69) is 5.32 Å². The van der Waals surface area contributed by atoms with Crippen LogP contribution in [0.1, 0.15) is 39.4 Å². The summed E-state index contributed by atoms with van der Waals surface area (Å²) in [5.74, 6) is 0. The van der Waals surface area contributed by atoms with Gasteiger partial charge in [-0.05, 0) is 12.5 Å². The SMILES string of the molecule is C[C@@H](NCC[P@](=O)(c1ccccc1)C(C)(C)C)[C@@H](O)c1ccccc1. The number of hydrogen-bond acceptors (Lipinski definition) is 3. The van der Waals surface area contributed by atoms with E-state index in [1.807, 2.05) is 88.4 Å². The monoisotopic (exact) mass is 359 g/mol. The van der Waals surface area contributed by atoms with Gasteiger partial charge in [0, 0.05) is 29.2 Å². The van der Waals surface area contributed by atoms with Gasteiger partial charge in [0.25, 0.3) is 0 Å². The zero-order chi connectivity index (χ0) is 18.5. The van der Waals surface area contributed by atoms with Crippen LogP contribution in [0.2, 0.25) is 0 Å². The predicted octanol–water partition coefficient (Wildman–Crippen LogP) is 4.19.